The minimum absolute atomic E-state index is 0.114. The number of aliphatic hydroxyl groups is 3. The van der Waals surface area contributed by atoms with Gasteiger partial charge in [0, 0.05) is 31.6 Å². The molecule has 0 spiro atoms. The number of methoxy groups -OCH3 is 3. The summed E-state index contributed by atoms with van der Waals surface area (Å²) in [7, 11) is 20.9. The van der Waals surface area contributed by atoms with Gasteiger partial charge in [0.1, 0.15) is 72.6 Å². The van der Waals surface area contributed by atoms with Crippen LogP contribution in [-0.4, -0.2) is 184 Å². The summed E-state index contributed by atoms with van der Waals surface area (Å²) in [4.78, 5) is 8.05. The zero-order valence-electron chi connectivity index (χ0n) is 59.1. The van der Waals surface area contributed by atoms with E-state index in [0.29, 0.717) is 44.9 Å². The summed E-state index contributed by atoms with van der Waals surface area (Å²) < 4.78 is 40.0. The van der Waals surface area contributed by atoms with Gasteiger partial charge >= 0.3 is 0 Å². The van der Waals surface area contributed by atoms with E-state index < -0.39 is 18.3 Å². The first-order valence-corrected chi connectivity index (χ1v) is 33.4. The summed E-state index contributed by atoms with van der Waals surface area (Å²) in [5, 5.41) is 29.9. The molecule has 7 aromatic rings. The topological polar surface area (TPSA) is 138 Å². The highest BCUT2D eigenvalue weighted by Crippen LogP contribution is 2.73. The monoisotopic (exact) mass is 1290 g/mol. The molecule has 2 aliphatic rings. The van der Waals surface area contributed by atoms with Crippen LogP contribution < -0.4 is 28.4 Å². The molecule has 3 N–H and O–H groups in total. The Hall–Kier alpha value is -6.98. The van der Waals surface area contributed by atoms with E-state index in [9.17, 15) is 15.3 Å². The molecular weight excluding hydrogens is 1180 g/mol. The van der Waals surface area contributed by atoms with E-state index in [4.69, 9.17) is 33.2 Å². The molecule has 14 nitrogen and oxygen atoms in total. The predicted molar refractivity (Wildman–Crippen MR) is 383 cm³/mol. The van der Waals surface area contributed by atoms with Gasteiger partial charge in [0.25, 0.3) is 0 Å². The fraction of sp³-hybridized carbons (Fsp3) is 0.475. The van der Waals surface area contributed by atoms with Crippen LogP contribution in [0.2, 0.25) is 0 Å². The number of likely N-dealkylation sites (N-methyl/N-ethyl adjacent to an activating group) is 4. The Labute approximate surface area is 564 Å². The third kappa shape index (κ3) is 23.4. The Bertz CT molecular complexity index is 3000. The van der Waals surface area contributed by atoms with Gasteiger partial charge in [0.2, 0.25) is 0 Å². The lowest BCUT2D eigenvalue weighted by Crippen LogP contribution is -2.47. The van der Waals surface area contributed by atoms with Gasteiger partial charge in [-0.25, -0.2) is 0 Å². The lowest BCUT2D eigenvalue weighted by molar-refractivity contribution is -0.148. The average Bonchev–Trinajstić information content (AvgIpc) is 1.52. The molecule has 7 aromatic carbocycles. The molecule has 14 heteroatoms. The Kier molecular flexibility index (Phi) is 31.2. The van der Waals surface area contributed by atoms with Crippen molar-refractivity contribution in [2.75, 3.05) is 130 Å². The second kappa shape index (κ2) is 38.5. The summed E-state index contributed by atoms with van der Waals surface area (Å²) in [6.07, 6.45) is 7.72. The maximum atomic E-state index is 9.96. The number of para-hydroxylation sites is 3. The number of ether oxygens (including phenoxy) is 7. The van der Waals surface area contributed by atoms with Gasteiger partial charge in [0.15, 0.2) is 0 Å². The molecule has 94 heavy (non-hydrogen) atoms. The highest BCUT2D eigenvalue weighted by Gasteiger charge is 2.70. The fourth-order valence-corrected chi connectivity index (χ4v) is 13.0. The Morgan fingerprint density at radius 1 is 0.426 bits per heavy atom. The van der Waals surface area contributed by atoms with Crippen LogP contribution in [0.1, 0.15) is 79.0 Å². The van der Waals surface area contributed by atoms with Gasteiger partial charge in [-0.05, 0) is 219 Å². The maximum Gasteiger partial charge on any atom is 0.122 e. The van der Waals surface area contributed by atoms with E-state index in [1.54, 1.807) is 21.3 Å². The highest BCUT2D eigenvalue weighted by atomic mass is 16.5. The summed E-state index contributed by atoms with van der Waals surface area (Å²) in [5.41, 5.74) is 8.99. The van der Waals surface area contributed by atoms with Crippen molar-refractivity contribution in [1.82, 2.24) is 19.6 Å². The minimum atomic E-state index is -0.494. The van der Waals surface area contributed by atoms with Crippen molar-refractivity contribution in [2.45, 2.75) is 102 Å². The number of hydrogen-bond donors (Lipinski definition) is 3. The molecule has 6 atom stereocenters. The normalized spacial score (nSPS) is 17.8. The van der Waals surface area contributed by atoms with Gasteiger partial charge in [-0.2, -0.15) is 0 Å². The van der Waals surface area contributed by atoms with Gasteiger partial charge in [-0.3, -0.25) is 0 Å². The first-order chi connectivity index (χ1) is 45.1. The van der Waals surface area contributed by atoms with Crippen molar-refractivity contribution in [3.05, 3.63) is 215 Å². The molecule has 0 aromatic heterocycles. The first-order valence-electron chi connectivity index (χ1n) is 33.4. The van der Waals surface area contributed by atoms with Crippen LogP contribution in [-0.2, 0) is 48.9 Å². The fourth-order valence-electron chi connectivity index (χ4n) is 13.0. The van der Waals surface area contributed by atoms with Gasteiger partial charge < -0.3 is 68.1 Å². The molecule has 9 rings (SSSR count). The van der Waals surface area contributed by atoms with Crippen LogP contribution in [0.25, 0.3) is 0 Å². The van der Waals surface area contributed by atoms with Crippen molar-refractivity contribution in [3.8, 4) is 34.5 Å². The average molecular weight is 1290 g/mol. The zero-order chi connectivity index (χ0) is 68.1. The number of aryl methyl sites for hydroxylation is 6. The molecule has 0 amide bonds. The smallest absolute Gasteiger partial charge is 0.122 e. The lowest BCUT2D eigenvalue weighted by Gasteiger charge is -2.49. The minimum Gasteiger partial charge on any atom is -0.497 e. The molecule has 2 fully saturated rings. The standard InChI is InChI=1S/3C20H27NO3.C20H31NO/c3*1-21(2)14-18(22)15-24-20-10-5-4-8-17(20)12-11-16-7-6-9-19(13-16)23-3;1-18(2)17-11-12-19(18,3)20(15-17,22-14-13-21(4)5)16-9-7-6-8-10-16/h3*4-10,13,18,22H,11-12,14-15H2,1-3H3;6-10,17H,11-15H2,1-5H3/t2*18-;;17-,19-,20+/m10.1/s1. The number of hydrogen-bond acceptors (Lipinski definition) is 14. The van der Waals surface area contributed by atoms with Crippen molar-refractivity contribution < 1.29 is 48.5 Å². The molecule has 1 unspecified atom stereocenters. The van der Waals surface area contributed by atoms with Crippen LogP contribution >= 0.6 is 0 Å². The largest absolute Gasteiger partial charge is 0.497 e. The van der Waals surface area contributed by atoms with Gasteiger partial charge in [0.05, 0.1) is 33.5 Å². The van der Waals surface area contributed by atoms with Crippen LogP contribution in [0, 0.1) is 16.7 Å². The third-order valence-corrected chi connectivity index (χ3v) is 18.4. The van der Waals surface area contributed by atoms with E-state index in [1.807, 2.05) is 148 Å². The summed E-state index contributed by atoms with van der Waals surface area (Å²) >= 11 is 0. The van der Waals surface area contributed by atoms with E-state index in [2.05, 4.69) is 125 Å². The number of benzene rings is 7. The van der Waals surface area contributed by atoms with Crippen molar-refractivity contribution in [2.24, 2.45) is 16.7 Å². The Morgan fingerprint density at radius 2 is 0.777 bits per heavy atom. The van der Waals surface area contributed by atoms with Crippen LogP contribution in [0.15, 0.2) is 176 Å². The maximum absolute atomic E-state index is 9.96. The summed E-state index contributed by atoms with van der Waals surface area (Å²) in [6.45, 7) is 11.9. The quantitative estimate of drug-likeness (QED) is 0.0369. The van der Waals surface area contributed by atoms with Crippen LogP contribution in [0.3, 0.4) is 0 Å². The number of rotatable bonds is 32. The molecule has 0 saturated heterocycles. The number of nitrogens with zero attached hydrogens (tertiary/aromatic N) is 4. The molecule has 512 valence electrons. The summed E-state index contributed by atoms with van der Waals surface area (Å²) in [5.74, 6) is 5.95. The number of fused-ring (bicyclic) bond motifs is 2. The first kappa shape index (κ1) is 76.0. The molecule has 2 aliphatic carbocycles. The molecule has 0 heterocycles. The van der Waals surface area contributed by atoms with E-state index in [-0.39, 0.29) is 11.0 Å². The third-order valence-electron chi connectivity index (χ3n) is 18.4. The van der Waals surface area contributed by atoms with Gasteiger partial charge in [-0.15, -0.1) is 0 Å². The van der Waals surface area contributed by atoms with Crippen molar-refractivity contribution >= 4 is 0 Å². The molecule has 0 aliphatic heterocycles. The number of aliphatic hydroxyl groups excluding tert-OH is 3. The molecular formula is C80H112N4O10. The second-order valence-corrected chi connectivity index (χ2v) is 26.9. The van der Waals surface area contributed by atoms with E-state index in [1.165, 1.54) is 41.5 Å². The zero-order valence-corrected chi connectivity index (χ0v) is 59.1. The van der Waals surface area contributed by atoms with E-state index in [0.717, 1.165) is 109 Å². The highest BCUT2D eigenvalue weighted by molar-refractivity contribution is 5.39. The van der Waals surface area contributed by atoms with Crippen LogP contribution in [0.5, 0.6) is 34.5 Å². The van der Waals surface area contributed by atoms with E-state index >= 15 is 0 Å². The van der Waals surface area contributed by atoms with Crippen molar-refractivity contribution in [3.63, 3.8) is 0 Å². The molecule has 2 bridgehead atoms. The van der Waals surface area contributed by atoms with Crippen LogP contribution in [0.4, 0.5) is 0 Å². The van der Waals surface area contributed by atoms with Crippen molar-refractivity contribution in [1.29, 1.82) is 0 Å². The molecule has 2 saturated carbocycles. The molecule has 0 radical (unpaired) electrons. The predicted octanol–water partition coefficient (Wildman–Crippen LogP) is 12.7. The summed E-state index contributed by atoms with van der Waals surface area (Å²) in [6, 6.07) is 59.4. The Morgan fingerprint density at radius 3 is 1.09 bits per heavy atom. The lowest BCUT2D eigenvalue weighted by atomic mass is 9.62. The second-order valence-electron chi connectivity index (χ2n) is 26.9. The van der Waals surface area contributed by atoms with Gasteiger partial charge in [-0.1, -0.05) is 142 Å². The Balaban J connectivity index is 0.000000199. The SMILES string of the molecule is CN(C)CCO[C@]1(c2ccccc2)C[C@H]2CC[C@]1(C)C2(C)C.COc1cccc(CCc2ccccc2OCC(O)CN(C)C)c1.COc1cccc(CCc2ccccc2OC[C@@H](O)CN(C)C)c1.COc1cccc(CCc2ccccc2OC[C@H](O)CN(C)C)c1.